The van der Waals surface area contributed by atoms with Crippen molar-refractivity contribution in [1.82, 2.24) is 20.3 Å². The summed E-state index contributed by atoms with van der Waals surface area (Å²) in [6, 6.07) is 9.09. The van der Waals surface area contributed by atoms with Crippen molar-refractivity contribution in [2.75, 3.05) is 6.54 Å². The molecule has 0 saturated carbocycles. The van der Waals surface area contributed by atoms with Gasteiger partial charge in [-0.3, -0.25) is 14.7 Å². The minimum Gasteiger partial charge on any atom is -0.391 e. The zero-order valence-corrected chi connectivity index (χ0v) is 16.7. The lowest BCUT2D eigenvalue weighted by Crippen LogP contribution is -2.41. The number of aryl methyl sites for hydroxylation is 2. The van der Waals surface area contributed by atoms with E-state index in [9.17, 15) is 14.7 Å². The molecule has 3 heterocycles. The highest BCUT2D eigenvalue weighted by Gasteiger charge is 2.38. The maximum absolute atomic E-state index is 12.8. The van der Waals surface area contributed by atoms with Gasteiger partial charge in [0.2, 0.25) is 5.91 Å². The maximum Gasteiger partial charge on any atom is 0.231 e. The minimum atomic E-state index is -0.686. The van der Waals surface area contributed by atoms with Crippen LogP contribution in [-0.4, -0.2) is 55.7 Å². The van der Waals surface area contributed by atoms with Crippen molar-refractivity contribution in [2.45, 2.75) is 44.8 Å². The standard InChI is InChI=1S/C22H24N4O4/c1-14-8-19(30-25-14)10-22(29)26-13-18(27)9-20(26)21(28)7-4-15-2-5-16(6-3-15)17-11-23-24-12-17/h2-3,5-6,8,11-12,18,20,27H,4,7,9-10,13H2,1H3,(H,23,24)/t18-,20+/m1/s1. The van der Waals surface area contributed by atoms with Gasteiger partial charge in [-0.15, -0.1) is 0 Å². The summed E-state index contributed by atoms with van der Waals surface area (Å²) in [7, 11) is 0. The number of aliphatic hydroxyl groups excluding tert-OH is 1. The van der Waals surface area contributed by atoms with Crippen LogP contribution in [0.15, 0.2) is 47.2 Å². The molecule has 2 N–H and O–H groups in total. The van der Waals surface area contributed by atoms with Gasteiger partial charge >= 0.3 is 0 Å². The first-order valence-corrected chi connectivity index (χ1v) is 10.00. The Labute approximate surface area is 173 Å². The number of amides is 1. The number of nitrogens with zero attached hydrogens (tertiary/aromatic N) is 3. The van der Waals surface area contributed by atoms with Gasteiger partial charge in [0.25, 0.3) is 0 Å². The predicted octanol–water partition coefficient (Wildman–Crippen LogP) is 2.08. The van der Waals surface area contributed by atoms with E-state index in [1.165, 1.54) is 4.90 Å². The van der Waals surface area contributed by atoms with Gasteiger partial charge in [0.1, 0.15) is 5.76 Å². The van der Waals surface area contributed by atoms with E-state index in [1.807, 2.05) is 30.5 Å². The molecule has 1 saturated heterocycles. The molecule has 2 aromatic heterocycles. The molecular weight excluding hydrogens is 384 g/mol. The number of Topliss-reactive ketones (excluding diaryl/α,β-unsaturated/α-hetero) is 1. The lowest BCUT2D eigenvalue weighted by molar-refractivity contribution is -0.137. The Morgan fingerprint density at radius 1 is 1.27 bits per heavy atom. The fraction of sp³-hybridized carbons (Fsp3) is 0.364. The Hall–Kier alpha value is -3.26. The number of carbonyl (C=O) groups excluding carboxylic acids is 2. The van der Waals surface area contributed by atoms with Crippen molar-refractivity contribution < 1.29 is 19.2 Å². The number of aromatic nitrogens is 3. The number of hydrogen-bond acceptors (Lipinski definition) is 6. The van der Waals surface area contributed by atoms with Gasteiger partial charge in [-0.25, -0.2) is 0 Å². The summed E-state index contributed by atoms with van der Waals surface area (Å²) in [6.07, 6.45) is 4.11. The number of aliphatic hydroxyl groups is 1. The van der Waals surface area contributed by atoms with Crippen LogP contribution in [-0.2, 0) is 22.4 Å². The average molecular weight is 408 g/mol. The average Bonchev–Trinajstić information content (AvgIpc) is 3.48. The van der Waals surface area contributed by atoms with Gasteiger partial charge in [-0.05, 0) is 24.5 Å². The number of nitrogens with one attached hydrogen (secondary N) is 1. The molecule has 8 nitrogen and oxygen atoms in total. The van der Waals surface area contributed by atoms with Crippen molar-refractivity contribution in [3.05, 3.63) is 59.7 Å². The molecule has 4 rings (SSSR count). The summed E-state index contributed by atoms with van der Waals surface area (Å²) in [5, 5.41) is 20.6. The first kappa shape index (κ1) is 20.0. The van der Waals surface area contributed by atoms with Gasteiger partial charge in [-0.2, -0.15) is 5.10 Å². The minimum absolute atomic E-state index is 0.0345. The van der Waals surface area contributed by atoms with Crippen LogP contribution in [0.1, 0.15) is 29.9 Å². The predicted molar refractivity (Wildman–Crippen MR) is 108 cm³/mol. The van der Waals surface area contributed by atoms with E-state index in [4.69, 9.17) is 4.52 Å². The van der Waals surface area contributed by atoms with Crippen LogP contribution in [0.2, 0.25) is 0 Å². The molecule has 2 atom stereocenters. The SMILES string of the molecule is Cc1cc(CC(=O)N2C[C@H](O)C[C@H]2C(=O)CCc2ccc(-c3cn[nH]c3)cc2)on1. The number of β-amino-alcohol motifs (C(OH)–C–C–N with tert-alkyl or cyclic N) is 1. The number of ketones is 1. The molecule has 1 amide bonds. The number of carbonyl (C=O) groups is 2. The first-order chi connectivity index (χ1) is 14.5. The Bertz CT molecular complexity index is 1010. The van der Waals surface area contributed by atoms with E-state index in [0.29, 0.717) is 24.3 Å². The molecule has 1 aliphatic rings. The largest absolute Gasteiger partial charge is 0.391 e. The third-order valence-corrected chi connectivity index (χ3v) is 5.42. The number of benzene rings is 1. The molecular formula is C22H24N4O4. The van der Waals surface area contributed by atoms with Crippen molar-refractivity contribution in [3.63, 3.8) is 0 Å². The normalized spacial score (nSPS) is 18.7. The van der Waals surface area contributed by atoms with Crippen molar-refractivity contribution in [3.8, 4) is 11.1 Å². The smallest absolute Gasteiger partial charge is 0.231 e. The van der Waals surface area contributed by atoms with E-state index in [2.05, 4.69) is 15.4 Å². The van der Waals surface area contributed by atoms with Crippen LogP contribution in [0.5, 0.6) is 0 Å². The van der Waals surface area contributed by atoms with Crippen LogP contribution in [0.4, 0.5) is 0 Å². The van der Waals surface area contributed by atoms with Gasteiger partial charge in [0.05, 0.1) is 30.5 Å². The molecule has 0 spiro atoms. The number of likely N-dealkylation sites (tertiary alicyclic amines) is 1. The van der Waals surface area contributed by atoms with E-state index >= 15 is 0 Å². The van der Waals surface area contributed by atoms with E-state index in [0.717, 1.165) is 16.7 Å². The van der Waals surface area contributed by atoms with E-state index < -0.39 is 12.1 Å². The lowest BCUT2D eigenvalue weighted by atomic mass is 9.99. The first-order valence-electron chi connectivity index (χ1n) is 10.00. The summed E-state index contributed by atoms with van der Waals surface area (Å²) in [6.45, 7) is 1.95. The molecule has 1 fully saturated rings. The van der Waals surface area contributed by atoms with Gasteiger partial charge < -0.3 is 14.5 Å². The molecule has 1 aliphatic heterocycles. The third-order valence-electron chi connectivity index (χ3n) is 5.42. The van der Waals surface area contributed by atoms with Gasteiger partial charge in [0, 0.05) is 37.2 Å². The van der Waals surface area contributed by atoms with Crippen molar-refractivity contribution in [2.24, 2.45) is 0 Å². The Morgan fingerprint density at radius 2 is 2.07 bits per heavy atom. The lowest BCUT2D eigenvalue weighted by Gasteiger charge is -2.23. The maximum atomic E-state index is 12.8. The third kappa shape index (κ3) is 4.49. The number of hydrogen-bond donors (Lipinski definition) is 2. The van der Waals surface area contributed by atoms with Crippen LogP contribution >= 0.6 is 0 Å². The topological polar surface area (TPSA) is 112 Å². The molecule has 0 aliphatic carbocycles. The molecule has 156 valence electrons. The second-order valence-electron chi connectivity index (χ2n) is 7.71. The molecule has 0 unspecified atom stereocenters. The summed E-state index contributed by atoms with van der Waals surface area (Å²) < 4.78 is 5.11. The Kier molecular flexibility index (Phi) is 5.76. The zero-order valence-electron chi connectivity index (χ0n) is 16.7. The van der Waals surface area contributed by atoms with E-state index in [1.54, 1.807) is 19.2 Å². The van der Waals surface area contributed by atoms with Crippen molar-refractivity contribution >= 4 is 11.7 Å². The van der Waals surface area contributed by atoms with Crippen LogP contribution in [0, 0.1) is 6.92 Å². The highest BCUT2D eigenvalue weighted by Crippen LogP contribution is 2.23. The van der Waals surface area contributed by atoms with Crippen LogP contribution < -0.4 is 0 Å². The highest BCUT2D eigenvalue weighted by atomic mass is 16.5. The van der Waals surface area contributed by atoms with E-state index in [-0.39, 0.29) is 31.1 Å². The quantitative estimate of drug-likeness (QED) is 0.619. The molecule has 3 aromatic rings. The highest BCUT2D eigenvalue weighted by molar-refractivity contribution is 5.90. The van der Waals surface area contributed by atoms with Gasteiger partial charge in [0.15, 0.2) is 5.78 Å². The van der Waals surface area contributed by atoms with Crippen LogP contribution in [0.3, 0.4) is 0 Å². The van der Waals surface area contributed by atoms with Crippen LogP contribution in [0.25, 0.3) is 11.1 Å². The fourth-order valence-corrected chi connectivity index (χ4v) is 3.85. The second kappa shape index (κ2) is 8.62. The number of aromatic amines is 1. The number of H-pyrrole nitrogens is 1. The molecule has 0 radical (unpaired) electrons. The summed E-state index contributed by atoms with van der Waals surface area (Å²) in [5.74, 6) is 0.195. The van der Waals surface area contributed by atoms with Gasteiger partial charge in [-0.1, -0.05) is 29.4 Å². The zero-order chi connectivity index (χ0) is 21.1. The Morgan fingerprint density at radius 3 is 2.73 bits per heavy atom. The second-order valence-corrected chi connectivity index (χ2v) is 7.71. The molecule has 1 aromatic carbocycles. The summed E-state index contributed by atoms with van der Waals surface area (Å²) in [5.41, 5.74) is 3.81. The van der Waals surface area contributed by atoms with Crippen molar-refractivity contribution in [1.29, 1.82) is 0 Å². The summed E-state index contributed by atoms with van der Waals surface area (Å²) in [4.78, 5) is 27.0. The Balaban J connectivity index is 1.36. The molecule has 8 heteroatoms. The monoisotopic (exact) mass is 408 g/mol. The number of rotatable bonds is 7. The summed E-state index contributed by atoms with van der Waals surface area (Å²) >= 11 is 0. The fourth-order valence-electron chi connectivity index (χ4n) is 3.85. The molecule has 30 heavy (non-hydrogen) atoms. The molecule has 0 bridgehead atoms.